The lowest BCUT2D eigenvalue weighted by atomic mass is 9.89. The standard InChI is InChI=1S/C16H14ClN3O4/c1-19-13-12(14(21)20(2)16(19)24)10(7-11(18-13)15(22)23)8-3-5-9(17)6-4-8/h3-7,10,18H,1-2H3,(H,22,23). The van der Waals surface area contributed by atoms with Crippen LogP contribution < -0.4 is 16.6 Å². The van der Waals surface area contributed by atoms with Crippen LogP contribution in [-0.4, -0.2) is 20.2 Å². The maximum atomic E-state index is 12.6. The first-order valence-electron chi connectivity index (χ1n) is 7.08. The fourth-order valence-electron chi connectivity index (χ4n) is 2.78. The Kier molecular flexibility index (Phi) is 3.81. The number of allylic oxidation sites excluding steroid dienone is 1. The largest absolute Gasteiger partial charge is 0.477 e. The van der Waals surface area contributed by atoms with E-state index in [1.807, 2.05) is 0 Å². The molecule has 0 aliphatic carbocycles. The maximum absolute atomic E-state index is 12.6. The van der Waals surface area contributed by atoms with E-state index in [1.54, 1.807) is 24.3 Å². The number of hydrogen-bond donors (Lipinski definition) is 2. The van der Waals surface area contributed by atoms with Gasteiger partial charge in [-0.2, -0.15) is 0 Å². The molecular weight excluding hydrogens is 334 g/mol. The number of halogens is 1. The van der Waals surface area contributed by atoms with Gasteiger partial charge in [0, 0.05) is 25.0 Å². The number of carbonyl (C=O) groups is 1. The third-order valence-electron chi connectivity index (χ3n) is 4.06. The van der Waals surface area contributed by atoms with E-state index in [2.05, 4.69) is 5.32 Å². The Labute approximate surface area is 141 Å². The Morgan fingerprint density at radius 3 is 2.38 bits per heavy atom. The zero-order valence-electron chi connectivity index (χ0n) is 12.9. The number of hydrogen-bond acceptors (Lipinski definition) is 4. The first-order chi connectivity index (χ1) is 11.3. The van der Waals surface area contributed by atoms with Gasteiger partial charge >= 0.3 is 11.7 Å². The van der Waals surface area contributed by atoms with E-state index in [-0.39, 0.29) is 11.5 Å². The number of fused-ring (bicyclic) bond motifs is 1. The van der Waals surface area contributed by atoms with E-state index >= 15 is 0 Å². The van der Waals surface area contributed by atoms with E-state index in [1.165, 1.54) is 24.7 Å². The number of nitrogens with zero attached hydrogens (tertiary/aromatic N) is 2. The van der Waals surface area contributed by atoms with Crippen molar-refractivity contribution >= 4 is 23.4 Å². The average Bonchev–Trinajstić information content (AvgIpc) is 2.57. The molecule has 0 amide bonds. The number of rotatable bonds is 2. The van der Waals surface area contributed by atoms with Crippen molar-refractivity contribution in [1.82, 2.24) is 9.13 Å². The summed E-state index contributed by atoms with van der Waals surface area (Å²) in [5.74, 6) is -1.59. The van der Waals surface area contributed by atoms with Crippen molar-refractivity contribution in [3.63, 3.8) is 0 Å². The molecule has 2 heterocycles. The van der Waals surface area contributed by atoms with Gasteiger partial charge in [-0.3, -0.25) is 13.9 Å². The van der Waals surface area contributed by atoms with Gasteiger partial charge < -0.3 is 10.4 Å². The molecule has 1 aromatic heterocycles. The summed E-state index contributed by atoms with van der Waals surface area (Å²) in [6.45, 7) is 0. The van der Waals surface area contributed by atoms with E-state index < -0.39 is 23.1 Å². The molecule has 0 spiro atoms. The summed E-state index contributed by atoms with van der Waals surface area (Å²) >= 11 is 5.90. The number of aromatic nitrogens is 2. The minimum atomic E-state index is -1.17. The number of benzene rings is 1. The highest BCUT2D eigenvalue weighted by molar-refractivity contribution is 6.30. The van der Waals surface area contributed by atoms with Gasteiger partial charge in [0.25, 0.3) is 5.56 Å². The first kappa shape index (κ1) is 16.1. The minimum absolute atomic E-state index is 0.0919. The van der Waals surface area contributed by atoms with Crippen LogP contribution in [0, 0.1) is 0 Å². The normalized spacial score (nSPS) is 16.1. The molecule has 1 unspecified atom stereocenters. The van der Waals surface area contributed by atoms with Crippen LogP contribution in [0.5, 0.6) is 0 Å². The highest BCUT2D eigenvalue weighted by Crippen LogP contribution is 2.34. The van der Waals surface area contributed by atoms with Crippen LogP contribution in [0.25, 0.3) is 0 Å². The van der Waals surface area contributed by atoms with Crippen LogP contribution in [0.2, 0.25) is 5.02 Å². The Balaban J connectivity index is 2.34. The molecule has 1 aliphatic heterocycles. The smallest absolute Gasteiger partial charge is 0.352 e. The predicted octanol–water partition coefficient (Wildman–Crippen LogP) is 1.26. The average molecular weight is 348 g/mol. The molecule has 0 bridgehead atoms. The van der Waals surface area contributed by atoms with Crippen molar-refractivity contribution < 1.29 is 9.90 Å². The monoisotopic (exact) mass is 347 g/mol. The molecule has 3 rings (SSSR count). The van der Waals surface area contributed by atoms with Crippen LogP contribution in [0.1, 0.15) is 17.0 Å². The van der Waals surface area contributed by atoms with Crippen molar-refractivity contribution in [2.75, 3.05) is 5.32 Å². The molecule has 2 aromatic rings. The molecular formula is C16H14ClN3O4. The second-order valence-electron chi connectivity index (χ2n) is 5.51. The van der Waals surface area contributed by atoms with Gasteiger partial charge in [0.2, 0.25) is 0 Å². The van der Waals surface area contributed by atoms with E-state index in [4.69, 9.17) is 11.6 Å². The SMILES string of the molecule is Cn1c2c(c(=O)n(C)c1=O)C(c1ccc(Cl)cc1)C=C(C(=O)O)N2. The van der Waals surface area contributed by atoms with Crippen molar-refractivity contribution in [2.45, 2.75) is 5.92 Å². The molecule has 0 fully saturated rings. The summed E-state index contributed by atoms with van der Waals surface area (Å²) in [6.07, 6.45) is 1.46. The summed E-state index contributed by atoms with van der Waals surface area (Å²) in [5.41, 5.74) is -0.0803. The van der Waals surface area contributed by atoms with Gasteiger partial charge in [-0.05, 0) is 23.8 Å². The molecule has 1 aromatic carbocycles. The van der Waals surface area contributed by atoms with E-state index in [9.17, 15) is 19.5 Å². The minimum Gasteiger partial charge on any atom is -0.477 e. The number of carboxylic acids is 1. The summed E-state index contributed by atoms with van der Waals surface area (Å²) in [7, 11) is 2.87. The predicted molar refractivity (Wildman–Crippen MR) is 89.6 cm³/mol. The maximum Gasteiger partial charge on any atom is 0.352 e. The van der Waals surface area contributed by atoms with Gasteiger partial charge in [-0.1, -0.05) is 23.7 Å². The summed E-state index contributed by atoms with van der Waals surface area (Å²) in [5, 5.41) is 12.5. The number of aliphatic carboxylic acids is 1. The van der Waals surface area contributed by atoms with Crippen molar-refractivity contribution in [3.8, 4) is 0 Å². The summed E-state index contributed by atoms with van der Waals surface area (Å²) in [6, 6.07) is 6.78. The third-order valence-corrected chi connectivity index (χ3v) is 4.31. The Bertz CT molecular complexity index is 986. The third kappa shape index (κ3) is 2.43. The summed E-state index contributed by atoms with van der Waals surface area (Å²) in [4.78, 5) is 36.2. The molecule has 1 aliphatic rings. The van der Waals surface area contributed by atoms with Crippen molar-refractivity contribution in [2.24, 2.45) is 14.1 Å². The van der Waals surface area contributed by atoms with Crippen LogP contribution in [0.15, 0.2) is 45.6 Å². The zero-order chi connectivity index (χ0) is 17.6. The quantitative estimate of drug-likeness (QED) is 0.853. The summed E-state index contributed by atoms with van der Waals surface area (Å²) < 4.78 is 2.23. The lowest BCUT2D eigenvalue weighted by molar-refractivity contribution is -0.132. The van der Waals surface area contributed by atoms with Gasteiger partial charge in [0.1, 0.15) is 11.5 Å². The first-order valence-corrected chi connectivity index (χ1v) is 7.46. The second kappa shape index (κ2) is 5.68. The van der Waals surface area contributed by atoms with Crippen molar-refractivity contribution in [1.29, 1.82) is 0 Å². The Hall–Kier alpha value is -2.80. The molecule has 0 saturated heterocycles. The molecule has 8 heteroatoms. The molecule has 1 atom stereocenters. The van der Waals surface area contributed by atoms with E-state index in [0.29, 0.717) is 16.1 Å². The fourth-order valence-corrected chi connectivity index (χ4v) is 2.90. The van der Waals surface area contributed by atoms with Crippen LogP contribution in [0.4, 0.5) is 5.82 Å². The lowest BCUT2D eigenvalue weighted by Gasteiger charge is -2.26. The van der Waals surface area contributed by atoms with Crippen molar-refractivity contribution in [3.05, 3.63) is 73.0 Å². The van der Waals surface area contributed by atoms with E-state index in [0.717, 1.165) is 4.57 Å². The van der Waals surface area contributed by atoms with Gasteiger partial charge in [-0.25, -0.2) is 9.59 Å². The molecule has 0 radical (unpaired) electrons. The molecule has 0 saturated carbocycles. The number of nitrogens with one attached hydrogen (secondary N) is 1. The van der Waals surface area contributed by atoms with Gasteiger partial charge in [0.15, 0.2) is 0 Å². The number of carboxylic acid groups (broad SMARTS) is 1. The van der Waals surface area contributed by atoms with Crippen LogP contribution in [-0.2, 0) is 18.9 Å². The lowest BCUT2D eigenvalue weighted by Crippen LogP contribution is -2.42. The highest BCUT2D eigenvalue weighted by Gasteiger charge is 2.30. The van der Waals surface area contributed by atoms with Crippen LogP contribution >= 0.6 is 11.6 Å². The molecule has 7 nitrogen and oxygen atoms in total. The highest BCUT2D eigenvalue weighted by atomic mass is 35.5. The molecule has 24 heavy (non-hydrogen) atoms. The van der Waals surface area contributed by atoms with Crippen LogP contribution in [0.3, 0.4) is 0 Å². The Morgan fingerprint density at radius 2 is 1.79 bits per heavy atom. The topological polar surface area (TPSA) is 93.3 Å². The fraction of sp³-hybridized carbons (Fsp3) is 0.188. The number of anilines is 1. The van der Waals surface area contributed by atoms with Gasteiger partial charge in [-0.15, -0.1) is 0 Å². The molecule has 124 valence electrons. The zero-order valence-corrected chi connectivity index (χ0v) is 13.7. The molecule has 2 N–H and O–H groups in total. The van der Waals surface area contributed by atoms with Gasteiger partial charge in [0.05, 0.1) is 5.56 Å². The second-order valence-corrected chi connectivity index (χ2v) is 5.94. The Morgan fingerprint density at radius 1 is 1.17 bits per heavy atom.